The van der Waals surface area contributed by atoms with Crippen molar-refractivity contribution < 1.29 is 33.7 Å². The number of morpholine rings is 1. The Balaban J connectivity index is 0.777. The fraction of sp³-hybridized carbons (Fsp3) is 0.609. The smallest absolute Gasteiger partial charge is 0.273 e. The summed E-state index contributed by atoms with van der Waals surface area (Å²) in [5.74, 6) is 0.753. The fourth-order valence-corrected chi connectivity index (χ4v) is 9.74. The van der Waals surface area contributed by atoms with Gasteiger partial charge in [-0.25, -0.2) is 4.98 Å². The third-order valence-electron chi connectivity index (χ3n) is 12.5. The first-order chi connectivity index (χ1) is 29.2. The van der Waals surface area contributed by atoms with Crippen LogP contribution in [0.3, 0.4) is 0 Å². The van der Waals surface area contributed by atoms with Crippen LogP contribution in [-0.2, 0) is 38.3 Å². The molecule has 1 spiro atoms. The summed E-state index contributed by atoms with van der Waals surface area (Å²) >= 11 is 1.57. The quantitative estimate of drug-likeness (QED) is 0.106. The number of amides is 3. The molecule has 2 saturated heterocycles. The highest BCUT2D eigenvalue weighted by molar-refractivity contribution is 7.09. The van der Waals surface area contributed by atoms with Gasteiger partial charge in [0.05, 0.1) is 43.4 Å². The number of anilines is 1. The molecule has 60 heavy (non-hydrogen) atoms. The van der Waals surface area contributed by atoms with Crippen molar-refractivity contribution in [3.63, 3.8) is 0 Å². The summed E-state index contributed by atoms with van der Waals surface area (Å²) in [7, 11) is 0. The number of ether oxygens (including phenoxy) is 3. The largest absolute Gasteiger partial charge is 0.506 e. The van der Waals surface area contributed by atoms with Crippen LogP contribution in [0.25, 0.3) is 0 Å². The Kier molecular flexibility index (Phi) is 15.5. The summed E-state index contributed by atoms with van der Waals surface area (Å²) in [5, 5.41) is 19.2. The van der Waals surface area contributed by atoms with Crippen LogP contribution in [0.4, 0.5) is 5.69 Å². The summed E-state index contributed by atoms with van der Waals surface area (Å²) in [6, 6.07) is 12.5. The number of phenolic OH excluding ortho intramolecular Hbond substituents is 1. The van der Waals surface area contributed by atoms with E-state index in [-0.39, 0.29) is 41.7 Å². The normalized spacial score (nSPS) is 18.3. The molecule has 2 aromatic carbocycles. The number of carbonyl (C=O) groups is 3. The number of piperidine rings is 1. The molecule has 13 nitrogen and oxygen atoms in total. The average Bonchev–Trinajstić information content (AvgIpc) is 3.77. The molecule has 0 atom stereocenters. The van der Waals surface area contributed by atoms with Crippen LogP contribution in [0, 0.1) is 0 Å². The molecular formula is C46H64N6O7S. The maximum absolute atomic E-state index is 13.5. The first-order valence-corrected chi connectivity index (χ1v) is 23.1. The molecular weight excluding hydrogens is 781 g/mol. The number of carbonyl (C=O) groups excluding carboxylic acids is 3. The van der Waals surface area contributed by atoms with E-state index in [1.165, 1.54) is 17.5 Å². The molecule has 3 amide bonds. The number of fused-ring (bicyclic) bond motifs is 1. The third-order valence-corrected chi connectivity index (χ3v) is 13.7. The number of nitrogens with zero attached hydrogens (tertiary/aromatic N) is 4. The Morgan fingerprint density at radius 1 is 1.02 bits per heavy atom. The van der Waals surface area contributed by atoms with Crippen molar-refractivity contribution in [2.75, 3.05) is 84.1 Å². The molecule has 1 aromatic heterocycles. The first-order valence-electron chi connectivity index (χ1n) is 22.2. The van der Waals surface area contributed by atoms with E-state index in [0.717, 1.165) is 81.6 Å². The van der Waals surface area contributed by atoms with Crippen molar-refractivity contribution in [1.29, 1.82) is 0 Å². The van der Waals surface area contributed by atoms with Crippen molar-refractivity contribution in [2.24, 2.45) is 0 Å². The maximum atomic E-state index is 13.5. The van der Waals surface area contributed by atoms with Gasteiger partial charge in [0.1, 0.15) is 17.1 Å². The van der Waals surface area contributed by atoms with Gasteiger partial charge in [0, 0.05) is 56.6 Å². The topological polar surface area (TPSA) is 146 Å². The lowest BCUT2D eigenvalue weighted by Gasteiger charge is -2.47. The number of phenols is 1. The molecule has 4 aliphatic rings. The van der Waals surface area contributed by atoms with Gasteiger partial charge in [-0.15, -0.1) is 11.3 Å². The first kappa shape index (κ1) is 44.0. The second kappa shape index (κ2) is 21.1. The van der Waals surface area contributed by atoms with Crippen LogP contribution in [0.2, 0.25) is 0 Å². The number of benzene rings is 2. The molecule has 7 rings (SSSR count). The molecule has 1 saturated carbocycles. The van der Waals surface area contributed by atoms with Crippen molar-refractivity contribution >= 4 is 34.7 Å². The second-order valence-corrected chi connectivity index (χ2v) is 18.1. The van der Waals surface area contributed by atoms with Crippen LogP contribution in [0.15, 0.2) is 41.8 Å². The van der Waals surface area contributed by atoms with Crippen molar-refractivity contribution in [1.82, 2.24) is 25.0 Å². The van der Waals surface area contributed by atoms with E-state index in [2.05, 4.69) is 63.5 Å². The van der Waals surface area contributed by atoms with Gasteiger partial charge in [-0.05, 0) is 74.2 Å². The van der Waals surface area contributed by atoms with E-state index in [0.29, 0.717) is 88.4 Å². The number of nitrogens with one attached hydrogen (secondary N) is 2. The average molecular weight is 845 g/mol. The Labute approximate surface area is 359 Å². The zero-order valence-corrected chi connectivity index (χ0v) is 36.4. The van der Waals surface area contributed by atoms with E-state index in [9.17, 15) is 19.5 Å². The predicted octanol–water partition coefficient (Wildman–Crippen LogP) is 5.80. The molecule has 14 heteroatoms. The van der Waals surface area contributed by atoms with Gasteiger partial charge in [0.25, 0.3) is 11.8 Å². The van der Waals surface area contributed by atoms with Crippen LogP contribution >= 0.6 is 11.3 Å². The minimum atomic E-state index is -0.278. The summed E-state index contributed by atoms with van der Waals surface area (Å²) in [4.78, 5) is 49.7. The number of aromatic nitrogens is 1. The van der Waals surface area contributed by atoms with Gasteiger partial charge in [0.15, 0.2) is 12.4 Å². The third kappa shape index (κ3) is 11.6. The Hall–Kier alpha value is -4.08. The van der Waals surface area contributed by atoms with E-state index in [4.69, 9.17) is 14.2 Å². The number of aromatic hydroxyl groups is 1. The molecule has 326 valence electrons. The number of likely N-dealkylation sites (tertiary alicyclic amines) is 1. The minimum Gasteiger partial charge on any atom is -0.506 e. The van der Waals surface area contributed by atoms with Gasteiger partial charge in [-0.2, -0.15) is 0 Å². The van der Waals surface area contributed by atoms with Crippen LogP contribution in [0.5, 0.6) is 11.5 Å². The minimum absolute atomic E-state index is 0.00270. The highest BCUT2D eigenvalue weighted by Gasteiger charge is 2.41. The summed E-state index contributed by atoms with van der Waals surface area (Å²) in [6.45, 7) is 11.9. The standard InChI is InChI=1S/C46H64N6O7S/c1-33(2)44-48-38(31-60-44)45(56)51-26-29-59-46(32-51)18-23-50(24-19-46)22-15-34-8-10-35(11-9-34)16-27-57-28-17-41(55)52(37-6-4-3-5-7-37)25-21-47-20-14-36-12-13-39(53)42-43(36)58-30-40(54)49-42/h8-13,31,33,37,47,53H,3-7,14-30,32H2,1-2H3,(H,49,54). The Morgan fingerprint density at radius 3 is 2.53 bits per heavy atom. The molecule has 0 radical (unpaired) electrons. The van der Waals surface area contributed by atoms with Gasteiger partial charge in [-0.3, -0.25) is 14.4 Å². The Bertz CT molecular complexity index is 1890. The molecule has 4 heterocycles. The van der Waals surface area contributed by atoms with Crippen LogP contribution in [0.1, 0.15) is 103 Å². The lowest BCUT2D eigenvalue weighted by molar-refractivity contribution is -0.135. The van der Waals surface area contributed by atoms with Crippen molar-refractivity contribution in [2.45, 2.75) is 102 Å². The molecule has 0 bridgehead atoms. The number of hydrogen-bond donors (Lipinski definition) is 3. The highest BCUT2D eigenvalue weighted by Crippen LogP contribution is 2.39. The number of thiazole rings is 1. The number of rotatable bonds is 18. The van der Waals surface area contributed by atoms with E-state index >= 15 is 0 Å². The van der Waals surface area contributed by atoms with Crippen molar-refractivity contribution in [3.8, 4) is 11.5 Å². The summed E-state index contributed by atoms with van der Waals surface area (Å²) in [5.41, 5.74) is 4.11. The number of hydrogen-bond acceptors (Lipinski definition) is 11. The van der Waals surface area contributed by atoms with E-state index < -0.39 is 0 Å². The zero-order chi connectivity index (χ0) is 41.9. The molecule has 1 aliphatic carbocycles. The maximum Gasteiger partial charge on any atom is 0.273 e. The van der Waals surface area contributed by atoms with E-state index in [1.807, 2.05) is 16.3 Å². The SMILES string of the molecule is CC(C)c1nc(C(=O)N2CCOC3(CCN(CCc4ccc(CCOCCC(=O)N(CCNCCc5ccc(O)c6c5OCC(=O)N6)C5CCCCC5)cc4)CC3)C2)cs1. The highest BCUT2D eigenvalue weighted by atomic mass is 32.1. The lowest BCUT2D eigenvalue weighted by Crippen LogP contribution is -2.58. The zero-order valence-electron chi connectivity index (χ0n) is 35.6. The summed E-state index contributed by atoms with van der Waals surface area (Å²) < 4.78 is 18.0. The van der Waals surface area contributed by atoms with Crippen LogP contribution in [-0.4, -0.2) is 133 Å². The monoisotopic (exact) mass is 844 g/mol. The fourth-order valence-electron chi connectivity index (χ4n) is 8.94. The van der Waals surface area contributed by atoms with Gasteiger partial charge in [0.2, 0.25) is 5.91 Å². The van der Waals surface area contributed by atoms with Gasteiger partial charge in [-0.1, -0.05) is 63.4 Å². The second-order valence-electron chi connectivity index (χ2n) is 17.2. The molecule has 3 fully saturated rings. The van der Waals surface area contributed by atoms with Gasteiger partial charge < -0.3 is 44.7 Å². The molecule has 0 unspecified atom stereocenters. The molecule has 3 aliphatic heterocycles. The lowest BCUT2D eigenvalue weighted by atomic mass is 9.89. The molecule has 3 N–H and O–H groups in total. The Morgan fingerprint density at radius 2 is 1.78 bits per heavy atom. The van der Waals surface area contributed by atoms with Gasteiger partial charge >= 0.3 is 0 Å². The van der Waals surface area contributed by atoms with Crippen molar-refractivity contribution in [3.05, 3.63) is 69.2 Å². The van der Waals surface area contributed by atoms with Crippen LogP contribution < -0.4 is 15.4 Å². The van der Waals surface area contributed by atoms with E-state index in [1.54, 1.807) is 17.4 Å². The predicted molar refractivity (Wildman–Crippen MR) is 233 cm³/mol. The summed E-state index contributed by atoms with van der Waals surface area (Å²) in [6.07, 6.45) is 10.3. The molecule has 3 aromatic rings.